The summed E-state index contributed by atoms with van der Waals surface area (Å²) in [5, 5.41) is 14.3. The van der Waals surface area contributed by atoms with E-state index in [4.69, 9.17) is 5.11 Å². The molecule has 4 atom stereocenters. The molecule has 2 amide bonds. The van der Waals surface area contributed by atoms with E-state index in [1.807, 2.05) is 13.1 Å². The summed E-state index contributed by atoms with van der Waals surface area (Å²) in [6.07, 6.45) is 2.56. The molecule has 7 nitrogen and oxygen atoms in total. The highest BCUT2D eigenvalue weighted by molar-refractivity contribution is 5.95. The molecule has 1 aromatic carbocycles. The van der Waals surface area contributed by atoms with Crippen molar-refractivity contribution in [3.63, 3.8) is 0 Å². The summed E-state index contributed by atoms with van der Waals surface area (Å²) in [5.74, 6) is -2.04. The maximum atomic E-state index is 12.6. The second-order valence-electron chi connectivity index (χ2n) is 6.78. The van der Waals surface area contributed by atoms with Crippen LogP contribution in [-0.4, -0.2) is 59.5 Å². The quantitative estimate of drug-likeness (QED) is 0.720. The number of carboxylic acid groups (broad SMARTS) is 1. The van der Waals surface area contributed by atoms with Crippen LogP contribution in [0.1, 0.15) is 29.6 Å². The molecule has 2 unspecified atom stereocenters. The summed E-state index contributed by atoms with van der Waals surface area (Å²) in [6.45, 7) is -0.408. The van der Waals surface area contributed by atoms with Crippen LogP contribution in [-0.2, 0) is 9.59 Å². The van der Waals surface area contributed by atoms with Gasteiger partial charge >= 0.3 is 5.97 Å². The number of hydrogen-bond donors (Lipinski definition) is 3. The summed E-state index contributed by atoms with van der Waals surface area (Å²) in [6, 6.07) is 8.97. The molecule has 3 N–H and O–H groups in total. The zero-order chi connectivity index (χ0) is 18.0. The van der Waals surface area contributed by atoms with E-state index in [1.54, 1.807) is 24.3 Å². The largest absolute Gasteiger partial charge is 0.480 e. The Balaban J connectivity index is 1.76. The van der Waals surface area contributed by atoms with E-state index < -0.39 is 18.4 Å². The van der Waals surface area contributed by atoms with E-state index in [0.717, 1.165) is 12.8 Å². The minimum absolute atomic E-state index is 0.0219. The average Bonchev–Trinajstić information content (AvgIpc) is 2.83. The van der Waals surface area contributed by atoms with Crippen LogP contribution in [0.15, 0.2) is 30.3 Å². The summed E-state index contributed by atoms with van der Waals surface area (Å²) in [4.78, 5) is 38.1. The molecule has 0 aromatic heterocycles. The van der Waals surface area contributed by atoms with Crippen LogP contribution in [0.2, 0.25) is 0 Å². The third-order valence-electron chi connectivity index (χ3n) is 5.34. The molecule has 134 valence electrons. The fourth-order valence-electron chi connectivity index (χ4n) is 4.09. The van der Waals surface area contributed by atoms with Crippen molar-refractivity contribution in [3.8, 4) is 0 Å². The first-order chi connectivity index (χ1) is 12.0. The first-order valence-corrected chi connectivity index (χ1v) is 8.54. The molecule has 2 aliphatic heterocycles. The number of hydrogen-bond acceptors (Lipinski definition) is 4. The molecule has 0 spiro atoms. The zero-order valence-corrected chi connectivity index (χ0v) is 14.1. The summed E-state index contributed by atoms with van der Waals surface area (Å²) in [5.41, 5.74) is 0.554. The number of carbonyl (C=O) groups is 3. The lowest BCUT2D eigenvalue weighted by Crippen LogP contribution is -2.59. The number of nitrogens with one attached hydrogen (secondary N) is 2. The van der Waals surface area contributed by atoms with Crippen molar-refractivity contribution in [2.24, 2.45) is 5.92 Å². The van der Waals surface area contributed by atoms with Gasteiger partial charge in [0.05, 0.1) is 5.92 Å². The van der Waals surface area contributed by atoms with Crippen molar-refractivity contribution in [3.05, 3.63) is 35.9 Å². The van der Waals surface area contributed by atoms with Crippen LogP contribution in [0.3, 0.4) is 0 Å². The Morgan fingerprint density at radius 3 is 2.60 bits per heavy atom. The summed E-state index contributed by atoms with van der Waals surface area (Å²) < 4.78 is 0. The van der Waals surface area contributed by atoms with Crippen molar-refractivity contribution >= 4 is 17.8 Å². The van der Waals surface area contributed by atoms with E-state index >= 15 is 0 Å². The Morgan fingerprint density at radius 1 is 1.20 bits per heavy atom. The second-order valence-corrected chi connectivity index (χ2v) is 6.78. The molecule has 1 aromatic rings. The van der Waals surface area contributed by atoms with Gasteiger partial charge in [0.15, 0.2) is 0 Å². The monoisotopic (exact) mass is 345 g/mol. The molecule has 25 heavy (non-hydrogen) atoms. The number of carbonyl (C=O) groups excluding carboxylic acids is 2. The molecule has 0 radical (unpaired) electrons. The molecular formula is C18H23N3O4. The van der Waals surface area contributed by atoms with Crippen LogP contribution in [0.5, 0.6) is 0 Å². The van der Waals surface area contributed by atoms with Gasteiger partial charge in [-0.3, -0.25) is 19.3 Å². The highest BCUT2D eigenvalue weighted by atomic mass is 16.4. The van der Waals surface area contributed by atoms with Crippen LogP contribution < -0.4 is 10.6 Å². The fraction of sp³-hybridized carbons (Fsp3) is 0.500. The Morgan fingerprint density at radius 2 is 1.92 bits per heavy atom. The maximum Gasteiger partial charge on any atom is 0.322 e. The molecule has 0 aliphatic carbocycles. The Labute approximate surface area is 146 Å². The van der Waals surface area contributed by atoms with E-state index in [0.29, 0.717) is 18.0 Å². The smallest absolute Gasteiger partial charge is 0.322 e. The van der Waals surface area contributed by atoms with Gasteiger partial charge in [-0.1, -0.05) is 18.2 Å². The van der Waals surface area contributed by atoms with Gasteiger partial charge in [-0.05, 0) is 38.4 Å². The van der Waals surface area contributed by atoms with Gasteiger partial charge in [-0.15, -0.1) is 0 Å². The first-order valence-electron chi connectivity index (χ1n) is 8.54. The normalized spacial score (nSPS) is 28.4. The Bertz CT molecular complexity index is 664. The van der Waals surface area contributed by atoms with Gasteiger partial charge in [-0.25, -0.2) is 0 Å². The molecule has 2 aliphatic rings. The second kappa shape index (κ2) is 7.23. The lowest BCUT2D eigenvalue weighted by molar-refractivity contribution is -0.139. The molecule has 2 heterocycles. The average molecular weight is 345 g/mol. The molecule has 0 saturated carbocycles. The number of nitrogens with zero attached hydrogens (tertiary/aromatic N) is 1. The van der Waals surface area contributed by atoms with Crippen molar-refractivity contribution in [1.82, 2.24) is 15.5 Å². The van der Waals surface area contributed by atoms with Crippen LogP contribution in [0, 0.1) is 5.92 Å². The van der Waals surface area contributed by atoms with E-state index in [1.165, 1.54) is 0 Å². The molecule has 2 fully saturated rings. The SMILES string of the molecule is CN1C2CCC1[C@@H](C(=O)NCC(=O)O)[C@@H](NC(=O)c1ccccc1)C2. The summed E-state index contributed by atoms with van der Waals surface area (Å²) >= 11 is 0. The third kappa shape index (κ3) is 3.66. The lowest BCUT2D eigenvalue weighted by atomic mass is 9.84. The number of benzene rings is 1. The molecule has 2 bridgehead atoms. The Kier molecular flexibility index (Phi) is 5.03. The summed E-state index contributed by atoms with van der Waals surface area (Å²) in [7, 11) is 2.00. The maximum absolute atomic E-state index is 12.6. The minimum Gasteiger partial charge on any atom is -0.480 e. The van der Waals surface area contributed by atoms with Crippen molar-refractivity contribution in [1.29, 1.82) is 0 Å². The fourth-order valence-corrected chi connectivity index (χ4v) is 4.09. The molecule has 2 saturated heterocycles. The van der Waals surface area contributed by atoms with Crippen LogP contribution >= 0.6 is 0 Å². The van der Waals surface area contributed by atoms with E-state index in [2.05, 4.69) is 15.5 Å². The van der Waals surface area contributed by atoms with Crippen LogP contribution in [0.25, 0.3) is 0 Å². The Hall–Kier alpha value is -2.41. The van der Waals surface area contributed by atoms with Crippen molar-refractivity contribution < 1.29 is 19.5 Å². The number of amides is 2. The molecule has 7 heteroatoms. The first kappa shape index (κ1) is 17.4. The van der Waals surface area contributed by atoms with E-state index in [9.17, 15) is 14.4 Å². The number of fused-ring (bicyclic) bond motifs is 2. The minimum atomic E-state index is -1.08. The van der Waals surface area contributed by atoms with Gasteiger partial charge in [0, 0.05) is 23.7 Å². The lowest BCUT2D eigenvalue weighted by Gasteiger charge is -2.42. The standard InChI is InChI=1S/C18H23N3O4/c1-21-12-7-8-14(21)16(18(25)19-10-15(22)23)13(9-12)20-17(24)11-5-3-2-4-6-11/h2-6,12-14,16H,7-10H2,1H3,(H,19,25)(H,20,24)(H,22,23)/t12?,13-,14?,16-/m0/s1. The van der Waals surface area contributed by atoms with Crippen molar-refractivity contribution in [2.45, 2.75) is 37.4 Å². The van der Waals surface area contributed by atoms with Gasteiger partial charge < -0.3 is 15.7 Å². The van der Waals surface area contributed by atoms with E-state index in [-0.39, 0.29) is 23.9 Å². The van der Waals surface area contributed by atoms with Gasteiger partial charge in [0.2, 0.25) is 5.91 Å². The van der Waals surface area contributed by atoms with Gasteiger partial charge in [0.25, 0.3) is 5.91 Å². The number of aliphatic carboxylic acids is 1. The topological polar surface area (TPSA) is 98.7 Å². The predicted octanol–water partition coefficient (Wildman–Crippen LogP) is 0.469. The van der Waals surface area contributed by atoms with Gasteiger partial charge in [0.1, 0.15) is 6.54 Å². The van der Waals surface area contributed by atoms with Gasteiger partial charge in [-0.2, -0.15) is 0 Å². The number of rotatable bonds is 5. The number of piperidine rings is 1. The predicted molar refractivity (Wildman–Crippen MR) is 91.0 cm³/mol. The highest BCUT2D eigenvalue weighted by Crippen LogP contribution is 2.38. The molecular weight excluding hydrogens is 322 g/mol. The molecule has 3 rings (SSSR count). The zero-order valence-electron chi connectivity index (χ0n) is 14.1. The highest BCUT2D eigenvalue weighted by Gasteiger charge is 2.49. The third-order valence-corrected chi connectivity index (χ3v) is 5.34. The van der Waals surface area contributed by atoms with Crippen LogP contribution in [0.4, 0.5) is 0 Å². The van der Waals surface area contributed by atoms with Crippen molar-refractivity contribution in [2.75, 3.05) is 13.6 Å². The number of carboxylic acids is 1.